The molecular weight excluding hydrogens is 510 g/mol. The van der Waals surface area contributed by atoms with Gasteiger partial charge >= 0.3 is 0 Å². The van der Waals surface area contributed by atoms with Gasteiger partial charge in [-0.2, -0.15) is 5.10 Å². The van der Waals surface area contributed by atoms with Crippen molar-refractivity contribution in [2.75, 3.05) is 0 Å². The van der Waals surface area contributed by atoms with Gasteiger partial charge in [-0.15, -0.1) is 0 Å². The molecule has 5 rings (SSSR count). The minimum Gasteiger partial charge on any atom is -0.491 e. The van der Waals surface area contributed by atoms with Gasteiger partial charge in [-0.3, -0.25) is 9.69 Å². The number of nitrogens with zero attached hydrogens (tertiary/aromatic N) is 3. The highest BCUT2D eigenvalue weighted by atomic mass is 32.2. The van der Waals surface area contributed by atoms with Gasteiger partial charge in [0.25, 0.3) is 5.91 Å². The number of carbonyl (C=O) groups is 1. The van der Waals surface area contributed by atoms with Gasteiger partial charge in [0.2, 0.25) is 0 Å². The fraction of sp³-hybridized carbons (Fsp3) is 0.194. The Morgan fingerprint density at radius 3 is 2.32 bits per heavy atom. The summed E-state index contributed by atoms with van der Waals surface area (Å²) >= 11 is 6.99. The molecule has 1 aliphatic rings. The van der Waals surface area contributed by atoms with Crippen LogP contribution in [-0.4, -0.2) is 31.0 Å². The maximum atomic E-state index is 13.6. The molecule has 1 amide bonds. The standard InChI is InChI=1S/C31H29N3O2S2/c1-20(2)36-26-15-16-27(21(3)17-26)29-24(19-33(32-29)25-13-9-6-10-14-25)18-28-30(35)34(31(37)38-28)22(4)23-11-7-5-8-12-23/h5-20,22H,1-4H3/b28-18-. The SMILES string of the molecule is Cc1cc(OC(C)C)ccc1-c1nn(-c2ccccc2)cc1/C=C1\SC(=S)N(C(C)c2ccccc2)C1=O. The number of aryl methyl sites for hydroxylation is 1. The summed E-state index contributed by atoms with van der Waals surface area (Å²) in [6, 6.07) is 25.8. The highest BCUT2D eigenvalue weighted by molar-refractivity contribution is 8.26. The highest BCUT2D eigenvalue weighted by Gasteiger charge is 2.36. The van der Waals surface area contributed by atoms with Gasteiger partial charge in [0, 0.05) is 17.3 Å². The van der Waals surface area contributed by atoms with E-state index in [1.165, 1.54) is 11.8 Å². The largest absolute Gasteiger partial charge is 0.491 e. The van der Waals surface area contributed by atoms with Gasteiger partial charge in [0.15, 0.2) is 0 Å². The molecule has 0 N–H and O–H groups in total. The topological polar surface area (TPSA) is 47.4 Å². The summed E-state index contributed by atoms with van der Waals surface area (Å²) < 4.78 is 8.30. The lowest BCUT2D eigenvalue weighted by Gasteiger charge is -2.23. The molecule has 1 saturated heterocycles. The fourth-order valence-electron chi connectivity index (χ4n) is 4.50. The van der Waals surface area contributed by atoms with Gasteiger partial charge < -0.3 is 4.74 Å². The quantitative estimate of drug-likeness (QED) is 0.179. The van der Waals surface area contributed by atoms with Gasteiger partial charge in [0.1, 0.15) is 15.8 Å². The van der Waals surface area contributed by atoms with Crippen molar-refractivity contribution in [1.82, 2.24) is 14.7 Å². The number of hydrogen-bond acceptors (Lipinski definition) is 5. The molecule has 0 aliphatic carbocycles. The zero-order valence-corrected chi connectivity index (χ0v) is 23.4. The van der Waals surface area contributed by atoms with Gasteiger partial charge in [-0.05, 0) is 75.2 Å². The summed E-state index contributed by atoms with van der Waals surface area (Å²) in [5, 5.41) is 4.95. The second-order valence-electron chi connectivity index (χ2n) is 9.49. The molecule has 192 valence electrons. The van der Waals surface area contributed by atoms with E-state index in [2.05, 4.69) is 6.92 Å². The maximum absolute atomic E-state index is 13.6. The molecular formula is C31H29N3O2S2. The first-order chi connectivity index (χ1) is 18.3. The van der Waals surface area contributed by atoms with Crippen molar-refractivity contribution in [2.45, 2.75) is 39.8 Å². The molecule has 0 saturated carbocycles. The number of carbonyl (C=O) groups excluding carboxylic acids is 1. The third kappa shape index (κ3) is 5.30. The van der Waals surface area contributed by atoms with Crippen molar-refractivity contribution in [1.29, 1.82) is 0 Å². The predicted octanol–water partition coefficient (Wildman–Crippen LogP) is 7.60. The average molecular weight is 540 g/mol. The summed E-state index contributed by atoms with van der Waals surface area (Å²) in [7, 11) is 0. The number of para-hydroxylation sites is 1. The Bertz CT molecular complexity index is 1510. The number of thioether (sulfide) groups is 1. The van der Waals surface area contributed by atoms with Crippen LogP contribution in [0.1, 0.15) is 43.5 Å². The van der Waals surface area contributed by atoms with Crippen LogP contribution in [0.2, 0.25) is 0 Å². The third-order valence-electron chi connectivity index (χ3n) is 6.37. The lowest BCUT2D eigenvalue weighted by Crippen LogP contribution is -2.30. The number of rotatable bonds is 7. The zero-order valence-electron chi connectivity index (χ0n) is 21.8. The number of ether oxygens (including phenoxy) is 1. The number of thiocarbonyl (C=S) groups is 1. The van der Waals surface area contributed by atoms with Crippen molar-refractivity contribution in [3.05, 3.63) is 107 Å². The van der Waals surface area contributed by atoms with Gasteiger partial charge in [-0.1, -0.05) is 72.5 Å². The molecule has 3 aromatic carbocycles. The number of hydrogen-bond donors (Lipinski definition) is 0. The average Bonchev–Trinajstić information content (AvgIpc) is 3.44. The lowest BCUT2D eigenvalue weighted by atomic mass is 10.0. The zero-order chi connectivity index (χ0) is 26.8. The van der Waals surface area contributed by atoms with E-state index in [0.717, 1.165) is 39.4 Å². The summed E-state index contributed by atoms with van der Waals surface area (Å²) in [5.74, 6) is 0.730. The second-order valence-corrected chi connectivity index (χ2v) is 11.2. The van der Waals surface area contributed by atoms with E-state index in [1.54, 1.807) is 4.90 Å². The van der Waals surface area contributed by atoms with E-state index < -0.39 is 0 Å². The van der Waals surface area contributed by atoms with Crippen molar-refractivity contribution in [3.8, 4) is 22.7 Å². The Morgan fingerprint density at radius 2 is 1.66 bits per heavy atom. The van der Waals surface area contributed by atoms with E-state index in [1.807, 2.05) is 117 Å². The van der Waals surface area contributed by atoms with Crippen molar-refractivity contribution in [2.24, 2.45) is 0 Å². The number of aromatic nitrogens is 2. The maximum Gasteiger partial charge on any atom is 0.266 e. The first kappa shape index (κ1) is 25.9. The van der Waals surface area contributed by atoms with Crippen molar-refractivity contribution < 1.29 is 9.53 Å². The van der Waals surface area contributed by atoms with Crippen molar-refractivity contribution >= 4 is 40.3 Å². The minimum atomic E-state index is -0.156. The molecule has 2 heterocycles. The summed E-state index contributed by atoms with van der Waals surface area (Å²) in [5.41, 5.74) is 5.65. The third-order valence-corrected chi connectivity index (χ3v) is 7.70. The lowest BCUT2D eigenvalue weighted by molar-refractivity contribution is -0.123. The Morgan fingerprint density at radius 1 is 0.974 bits per heavy atom. The molecule has 0 spiro atoms. The molecule has 1 aromatic heterocycles. The van der Waals surface area contributed by atoms with Crippen LogP contribution in [0, 0.1) is 6.92 Å². The molecule has 7 heteroatoms. The monoisotopic (exact) mass is 539 g/mol. The van der Waals surface area contributed by atoms with E-state index in [0.29, 0.717) is 9.23 Å². The number of benzene rings is 3. The molecule has 1 atom stereocenters. The molecule has 5 nitrogen and oxygen atoms in total. The predicted molar refractivity (Wildman–Crippen MR) is 159 cm³/mol. The first-order valence-corrected chi connectivity index (χ1v) is 13.8. The van der Waals surface area contributed by atoms with E-state index in [4.69, 9.17) is 22.1 Å². The van der Waals surface area contributed by atoms with E-state index in [9.17, 15) is 4.79 Å². The molecule has 0 radical (unpaired) electrons. The summed E-state index contributed by atoms with van der Waals surface area (Å²) in [4.78, 5) is 15.9. The smallest absolute Gasteiger partial charge is 0.266 e. The first-order valence-electron chi connectivity index (χ1n) is 12.6. The normalized spacial score (nSPS) is 15.5. The molecule has 38 heavy (non-hydrogen) atoms. The van der Waals surface area contributed by atoms with Crippen LogP contribution in [0.5, 0.6) is 5.75 Å². The summed E-state index contributed by atoms with van der Waals surface area (Å²) in [6.45, 7) is 8.08. The Labute approximate surface area is 233 Å². The number of amides is 1. The summed E-state index contributed by atoms with van der Waals surface area (Å²) in [6.07, 6.45) is 3.97. The Balaban J connectivity index is 1.55. The minimum absolute atomic E-state index is 0.0906. The van der Waals surface area contributed by atoms with Crippen LogP contribution in [0.25, 0.3) is 23.0 Å². The van der Waals surface area contributed by atoms with Crippen LogP contribution in [0.4, 0.5) is 0 Å². The highest BCUT2D eigenvalue weighted by Crippen LogP contribution is 2.39. The van der Waals surface area contributed by atoms with Crippen LogP contribution in [-0.2, 0) is 4.79 Å². The van der Waals surface area contributed by atoms with Gasteiger partial charge in [-0.25, -0.2) is 4.68 Å². The molecule has 0 bridgehead atoms. The fourth-order valence-corrected chi connectivity index (χ4v) is 5.91. The van der Waals surface area contributed by atoms with Crippen LogP contribution in [0.3, 0.4) is 0 Å². The van der Waals surface area contributed by atoms with E-state index >= 15 is 0 Å². The second kappa shape index (κ2) is 11.0. The van der Waals surface area contributed by atoms with Crippen LogP contribution in [0.15, 0.2) is 90.0 Å². The molecule has 4 aromatic rings. The molecule has 1 unspecified atom stereocenters. The van der Waals surface area contributed by atoms with Crippen molar-refractivity contribution in [3.63, 3.8) is 0 Å². The Hall–Kier alpha value is -3.68. The van der Waals surface area contributed by atoms with E-state index in [-0.39, 0.29) is 18.1 Å². The Kier molecular flexibility index (Phi) is 7.49. The van der Waals surface area contributed by atoms with Crippen LogP contribution < -0.4 is 4.74 Å². The van der Waals surface area contributed by atoms with Crippen LogP contribution >= 0.6 is 24.0 Å². The van der Waals surface area contributed by atoms with Gasteiger partial charge in [0.05, 0.1) is 22.7 Å². The molecule has 1 aliphatic heterocycles. The molecule has 1 fully saturated rings.